The van der Waals surface area contributed by atoms with Crippen LogP contribution in [0.1, 0.15) is 26.7 Å². The molecule has 1 heterocycles. The summed E-state index contributed by atoms with van der Waals surface area (Å²) in [5.74, 6) is 0.00257. The zero-order valence-corrected chi connectivity index (χ0v) is 9.40. The van der Waals surface area contributed by atoms with Gasteiger partial charge in [-0.15, -0.1) is 0 Å². The molecule has 1 saturated heterocycles. The second-order valence-corrected chi connectivity index (χ2v) is 4.22. The Morgan fingerprint density at radius 1 is 1.53 bits per heavy atom. The molecule has 0 aliphatic carbocycles. The summed E-state index contributed by atoms with van der Waals surface area (Å²) in [6.45, 7) is 5.70. The van der Waals surface area contributed by atoms with Crippen molar-refractivity contribution in [2.45, 2.75) is 32.8 Å². The van der Waals surface area contributed by atoms with Crippen molar-refractivity contribution in [2.24, 2.45) is 5.92 Å². The van der Waals surface area contributed by atoms with Crippen LogP contribution >= 0.6 is 0 Å². The maximum absolute atomic E-state index is 11.3. The molecule has 0 spiro atoms. The van der Waals surface area contributed by atoms with Gasteiger partial charge in [0, 0.05) is 5.92 Å². The summed E-state index contributed by atoms with van der Waals surface area (Å²) >= 11 is 0. The highest BCUT2D eigenvalue weighted by Crippen LogP contribution is 2.15. The quantitative estimate of drug-likeness (QED) is 0.656. The van der Waals surface area contributed by atoms with E-state index in [2.05, 4.69) is 11.0 Å². The van der Waals surface area contributed by atoms with Crippen molar-refractivity contribution in [3.63, 3.8) is 0 Å². The number of rotatable bonds is 3. The summed E-state index contributed by atoms with van der Waals surface area (Å²) in [7, 11) is 0. The predicted octanol–water partition coefficient (Wildman–Crippen LogP) is 1.17. The van der Waals surface area contributed by atoms with E-state index < -0.39 is 0 Å². The Hall–Kier alpha value is -1.08. The minimum absolute atomic E-state index is 0.0471. The molecular formula is C11H18N2O2. The monoisotopic (exact) mass is 210 g/mol. The summed E-state index contributed by atoms with van der Waals surface area (Å²) in [5, 5.41) is 8.72. The van der Waals surface area contributed by atoms with Crippen molar-refractivity contribution in [2.75, 3.05) is 19.6 Å². The SMILES string of the molecule is CC(C)OC(=O)CN1CCC(C#N)CC1. The van der Waals surface area contributed by atoms with Gasteiger partial charge in [-0.1, -0.05) is 0 Å². The Bertz CT molecular complexity index is 250. The normalized spacial score (nSPS) is 18.8. The molecule has 0 aromatic carbocycles. The number of likely N-dealkylation sites (tertiary alicyclic amines) is 1. The maximum atomic E-state index is 11.3. The minimum Gasteiger partial charge on any atom is -0.462 e. The summed E-state index contributed by atoms with van der Waals surface area (Å²) in [6.07, 6.45) is 1.69. The van der Waals surface area contributed by atoms with Crippen LogP contribution in [-0.2, 0) is 9.53 Å². The van der Waals surface area contributed by atoms with E-state index in [4.69, 9.17) is 10.00 Å². The first-order valence-electron chi connectivity index (χ1n) is 5.43. The molecule has 15 heavy (non-hydrogen) atoms. The van der Waals surface area contributed by atoms with Crippen LogP contribution in [-0.4, -0.2) is 36.6 Å². The average Bonchev–Trinajstić information content (AvgIpc) is 2.17. The zero-order chi connectivity index (χ0) is 11.3. The number of ether oxygens (including phenoxy) is 1. The minimum atomic E-state index is -0.166. The fraction of sp³-hybridized carbons (Fsp3) is 0.818. The highest BCUT2D eigenvalue weighted by Gasteiger charge is 2.21. The van der Waals surface area contributed by atoms with Gasteiger partial charge < -0.3 is 4.74 Å². The van der Waals surface area contributed by atoms with E-state index in [0.29, 0.717) is 6.54 Å². The summed E-state index contributed by atoms with van der Waals surface area (Å²) in [6, 6.07) is 2.27. The van der Waals surface area contributed by atoms with Gasteiger partial charge in [0.1, 0.15) is 0 Å². The molecule has 0 saturated carbocycles. The van der Waals surface area contributed by atoms with E-state index in [0.717, 1.165) is 25.9 Å². The smallest absolute Gasteiger partial charge is 0.320 e. The summed E-state index contributed by atoms with van der Waals surface area (Å²) in [4.78, 5) is 13.4. The number of nitriles is 1. The molecule has 0 bridgehead atoms. The summed E-state index contributed by atoms with van der Waals surface area (Å²) in [5.41, 5.74) is 0. The highest BCUT2D eigenvalue weighted by molar-refractivity contribution is 5.71. The van der Waals surface area contributed by atoms with E-state index in [1.807, 2.05) is 13.8 Å². The van der Waals surface area contributed by atoms with Crippen LogP contribution in [0.3, 0.4) is 0 Å². The fourth-order valence-electron chi connectivity index (χ4n) is 1.70. The molecule has 1 fully saturated rings. The van der Waals surface area contributed by atoms with Crippen LogP contribution in [0, 0.1) is 17.2 Å². The molecule has 0 radical (unpaired) electrons. The van der Waals surface area contributed by atoms with Crippen molar-refractivity contribution in [3.05, 3.63) is 0 Å². The van der Waals surface area contributed by atoms with Crippen LogP contribution in [0.15, 0.2) is 0 Å². The van der Waals surface area contributed by atoms with Crippen LogP contribution < -0.4 is 0 Å². The topological polar surface area (TPSA) is 53.3 Å². The van der Waals surface area contributed by atoms with Crippen molar-refractivity contribution in [1.29, 1.82) is 5.26 Å². The van der Waals surface area contributed by atoms with Crippen molar-refractivity contribution >= 4 is 5.97 Å². The van der Waals surface area contributed by atoms with E-state index in [9.17, 15) is 4.79 Å². The first-order valence-corrected chi connectivity index (χ1v) is 5.43. The van der Waals surface area contributed by atoms with Gasteiger partial charge in [0.05, 0.1) is 18.7 Å². The zero-order valence-electron chi connectivity index (χ0n) is 9.40. The average molecular weight is 210 g/mol. The Labute approximate surface area is 90.8 Å². The Morgan fingerprint density at radius 2 is 2.13 bits per heavy atom. The van der Waals surface area contributed by atoms with Gasteiger partial charge in [0.25, 0.3) is 0 Å². The molecule has 0 aromatic heterocycles. The predicted molar refractivity (Wildman–Crippen MR) is 56.0 cm³/mol. The number of carbonyl (C=O) groups excluding carboxylic acids is 1. The van der Waals surface area contributed by atoms with Crippen LogP contribution in [0.2, 0.25) is 0 Å². The van der Waals surface area contributed by atoms with Gasteiger partial charge in [-0.05, 0) is 39.8 Å². The van der Waals surface area contributed by atoms with Gasteiger partial charge in [-0.2, -0.15) is 5.26 Å². The third kappa shape index (κ3) is 4.30. The lowest BCUT2D eigenvalue weighted by molar-refractivity contribution is -0.149. The van der Waals surface area contributed by atoms with E-state index >= 15 is 0 Å². The molecule has 0 N–H and O–H groups in total. The van der Waals surface area contributed by atoms with Crippen molar-refractivity contribution in [1.82, 2.24) is 4.90 Å². The number of hydrogen-bond donors (Lipinski definition) is 0. The van der Waals surface area contributed by atoms with Gasteiger partial charge in [0.15, 0.2) is 0 Å². The lowest BCUT2D eigenvalue weighted by Crippen LogP contribution is -2.38. The molecule has 1 aliphatic rings. The van der Waals surface area contributed by atoms with Gasteiger partial charge in [-0.3, -0.25) is 9.69 Å². The van der Waals surface area contributed by atoms with Crippen LogP contribution in [0.25, 0.3) is 0 Å². The van der Waals surface area contributed by atoms with Crippen molar-refractivity contribution < 1.29 is 9.53 Å². The Kier molecular flexibility index (Phi) is 4.57. The van der Waals surface area contributed by atoms with Gasteiger partial charge in [-0.25, -0.2) is 0 Å². The first-order chi connectivity index (χ1) is 7.11. The molecule has 4 nitrogen and oxygen atoms in total. The number of nitrogens with zero attached hydrogens (tertiary/aromatic N) is 2. The van der Waals surface area contributed by atoms with E-state index in [1.54, 1.807) is 0 Å². The largest absolute Gasteiger partial charge is 0.462 e. The molecule has 0 unspecified atom stereocenters. The number of hydrogen-bond acceptors (Lipinski definition) is 4. The standard InChI is InChI=1S/C11H18N2O2/c1-9(2)15-11(14)8-13-5-3-10(7-12)4-6-13/h9-10H,3-6,8H2,1-2H3. The molecule has 0 aromatic rings. The second-order valence-electron chi connectivity index (χ2n) is 4.22. The van der Waals surface area contributed by atoms with Crippen LogP contribution in [0.5, 0.6) is 0 Å². The lowest BCUT2D eigenvalue weighted by atomic mass is 9.99. The fourth-order valence-corrected chi connectivity index (χ4v) is 1.70. The second kappa shape index (κ2) is 5.72. The Balaban J connectivity index is 2.24. The highest BCUT2D eigenvalue weighted by atomic mass is 16.5. The number of piperidine rings is 1. The Morgan fingerprint density at radius 3 is 2.60 bits per heavy atom. The van der Waals surface area contributed by atoms with E-state index in [1.165, 1.54) is 0 Å². The van der Waals surface area contributed by atoms with E-state index in [-0.39, 0.29) is 18.0 Å². The molecule has 1 rings (SSSR count). The lowest BCUT2D eigenvalue weighted by Gasteiger charge is -2.28. The number of carbonyl (C=O) groups is 1. The third-order valence-corrected chi connectivity index (χ3v) is 2.49. The molecule has 1 aliphatic heterocycles. The molecular weight excluding hydrogens is 192 g/mol. The molecule has 84 valence electrons. The maximum Gasteiger partial charge on any atom is 0.320 e. The third-order valence-electron chi connectivity index (χ3n) is 2.49. The molecule has 0 amide bonds. The molecule has 4 heteroatoms. The summed E-state index contributed by atoms with van der Waals surface area (Å²) < 4.78 is 5.06. The first kappa shape index (κ1) is 12.0. The van der Waals surface area contributed by atoms with Crippen molar-refractivity contribution in [3.8, 4) is 6.07 Å². The van der Waals surface area contributed by atoms with Gasteiger partial charge >= 0.3 is 5.97 Å². The van der Waals surface area contributed by atoms with Gasteiger partial charge in [0.2, 0.25) is 0 Å². The van der Waals surface area contributed by atoms with Crippen LogP contribution in [0.4, 0.5) is 0 Å². The molecule has 0 atom stereocenters. The number of esters is 1.